The lowest BCUT2D eigenvalue weighted by Crippen LogP contribution is -2.40. The van der Waals surface area contributed by atoms with Crippen LogP contribution in [0, 0.1) is 11.7 Å². The molecule has 0 spiro atoms. The number of halogens is 1. The van der Waals surface area contributed by atoms with Gasteiger partial charge in [0.25, 0.3) is 5.91 Å². The zero-order chi connectivity index (χ0) is 29.3. The fourth-order valence-corrected chi connectivity index (χ4v) is 6.82. The molecular formula is C31H38FN3O5S. The van der Waals surface area contributed by atoms with Crippen LogP contribution in [-0.2, 0) is 14.8 Å². The van der Waals surface area contributed by atoms with Crippen LogP contribution < -0.4 is 9.62 Å². The SMILES string of the molecule is CNC(=O)c1c(-c2ccc(F)cc2)oc2cc(N(C)S(C)(=O)=O)c([C@@H]3CCCN(C(=O)CC4CCCCC4)C3)cc12. The average Bonchev–Trinajstić information content (AvgIpc) is 3.34. The number of hydrogen-bond acceptors (Lipinski definition) is 5. The maximum atomic E-state index is 13.7. The van der Waals surface area contributed by atoms with Gasteiger partial charge in [0.15, 0.2) is 0 Å². The van der Waals surface area contributed by atoms with Gasteiger partial charge in [0.2, 0.25) is 15.9 Å². The Balaban J connectivity index is 1.58. The van der Waals surface area contributed by atoms with Crippen molar-refractivity contribution in [3.05, 3.63) is 53.3 Å². The standard InChI is InChI=1S/C31H38FN3O5S/c1-33-31(37)29-25-17-24(22-10-7-15-35(19-22)28(36)16-20-8-5-4-6-9-20)26(34(2)41(3,38)39)18-27(25)40-30(29)21-11-13-23(32)14-12-21/h11-14,17-18,20,22H,4-10,15-16,19H2,1-3H3,(H,33,37)/t22-/m1/s1. The normalized spacial score (nSPS) is 18.4. The first-order valence-corrected chi connectivity index (χ1v) is 16.2. The Bertz CT molecular complexity index is 1540. The van der Waals surface area contributed by atoms with E-state index in [-0.39, 0.29) is 23.5 Å². The minimum absolute atomic E-state index is 0.121. The Labute approximate surface area is 240 Å². The van der Waals surface area contributed by atoms with Crippen molar-refractivity contribution in [3.8, 4) is 11.3 Å². The Morgan fingerprint density at radius 3 is 2.44 bits per heavy atom. The number of sulfonamides is 1. The van der Waals surface area contributed by atoms with Gasteiger partial charge >= 0.3 is 0 Å². The van der Waals surface area contributed by atoms with Crippen LogP contribution in [0.4, 0.5) is 10.1 Å². The molecule has 5 rings (SSSR count). The quantitative estimate of drug-likeness (QED) is 0.386. The molecule has 2 aliphatic rings. The molecule has 1 atom stereocenters. The van der Waals surface area contributed by atoms with Gasteiger partial charge in [-0.2, -0.15) is 0 Å². The van der Waals surface area contributed by atoms with Gasteiger partial charge in [-0.15, -0.1) is 0 Å². The average molecular weight is 584 g/mol. The summed E-state index contributed by atoms with van der Waals surface area (Å²) in [5.74, 6) is -0.0296. The summed E-state index contributed by atoms with van der Waals surface area (Å²) in [6.07, 6.45) is 9.08. The van der Waals surface area contributed by atoms with E-state index in [1.807, 2.05) is 11.0 Å². The summed E-state index contributed by atoms with van der Waals surface area (Å²) in [4.78, 5) is 28.4. The highest BCUT2D eigenvalue weighted by molar-refractivity contribution is 7.92. The van der Waals surface area contributed by atoms with Crippen molar-refractivity contribution < 1.29 is 26.8 Å². The number of nitrogens with zero attached hydrogens (tertiary/aromatic N) is 2. The van der Waals surface area contributed by atoms with Crippen molar-refractivity contribution in [1.82, 2.24) is 10.2 Å². The molecule has 10 heteroatoms. The van der Waals surface area contributed by atoms with Crippen LogP contribution in [0.15, 0.2) is 40.8 Å². The predicted molar refractivity (Wildman–Crippen MR) is 158 cm³/mol. The third kappa shape index (κ3) is 6.12. The third-order valence-corrected chi connectivity index (χ3v) is 9.83. The zero-order valence-corrected chi connectivity index (χ0v) is 24.7. The van der Waals surface area contributed by atoms with Crippen LogP contribution in [0.3, 0.4) is 0 Å². The first kappa shape index (κ1) is 29.1. The summed E-state index contributed by atoms with van der Waals surface area (Å²) in [5.41, 5.74) is 2.37. The molecule has 2 heterocycles. The van der Waals surface area contributed by atoms with Gasteiger partial charge < -0.3 is 14.6 Å². The molecule has 0 unspecified atom stereocenters. The number of benzene rings is 2. The maximum absolute atomic E-state index is 13.7. The van der Waals surface area contributed by atoms with Gasteiger partial charge in [-0.1, -0.05) is 19.3 Å². The summed E-state index contributed by atoms with van der Waals surface area (Å²) in [6.45, 7) is 1.17. The van der Waals surface area contributed by atoms with Crippen LogP contribution >= 0.6 is 0 Å². The monoisotopic (exact) mass is 583 g/mol. The predicted octanol–water partition coefficient (Wildman–Crippen LogP) is 5.67. The topological polar surface area (TPSA) is 99.9 Å². The summed E-state index contributed by atoms with van der Waals surface area (Å²) >= 11 is 0. The summed E-state index contributed by atoms with van der Waals surface area (Å²) < 4.78 is 46.5. The highest BCUT2D eigenvalue weighted by atomic mass is 32.2. The minimum atomic E-state index is -3.63. The van der Waals surface area contributed by atoms with E-state index < -0.39 is 15.8 Å². The van der Waals surface area contributed by atoms with Gasteiger partial charge in [0.05, 0.1) is 17.5 Å². The van der Waals surface area contributed by atoms with Crippen LogP contribution in [0.25, 0.3) is 22.3 Å². The number of amides is 2. The molecule has 41 heavy (non-hydrogen) atoms. The smallest absolute Gasteiger partial charge is 0.255 e. The summed E-state index contributed by atoms with van der Waals surface area (Å²) in [5, 5.41) is 3.21. The van der Waals surface area contributed by atoms with Crippen LogP contribution in [0.1, 0.15) is 73.2 Å². The van der Waals surface area contributed by atoms with Gasteiger partial charge in [-0.05, 0) is 67.5 Å². The molecule has 0 radical (unpaired) electrons. The Morgan fingerprint density at radius 2 is 1.78 bits per heavy atom. The Morgan fingerprint density at radius 1 is 1.07 bits per heavy atom. The number of anilines is 1. The number of rotatable bonds is 7. The molecule has 220 valence electrons. The molecule has 1 N–H and O–H groups in total. The van der Waals surface area contributed by atoms with Crippen LogP contribution in [0.2, 0.25) is 0 Å². The highest BCUT2D eigenvalue weighted by Gasteiger charge is 2.32. The molecule has 1 aliphatic carbocycles. The second-order valence-corrected chi connectivity index (χ2v) is 13.4. The van der Waals surface area contributed by atoms with Gasteiger partial charge in [0.1, 0.15) is 17.2 Å². The van der Waals surface area contributed by atoms with Crippen LogP contribution in [-0.4, -0.2) is 58.6 Å². The molecule has 8 nitrogen and oxygen atoms in total. The molecule has 2 amide bonds. The number of nitrogens with one attached hydrogen (secondary N) is 1. The fraction of sp³-hybridized carbons (Fsp3) is 0.484. The zero-order valence-electron chi connectivity index (χ0n) is 23.9. The first-order chi connectivity index (χ1) is 19.6. The second-order valence-electron chi connectivity index (χ2n) is 11.4. The van der Waals surface area contributed by atoms with Crippen molar-refractivity contribution in [2.45, 2.75) is 57.3 Å². The molecule has 1 aromatic heterocycles. The van der Waals surface area contributed by atoms with E-state index in [2.05, 4.69) is 5.32 Å². The number of hydrogen-bond donors (Lipinski definition) is 1. The number of likely N-dealkylation sites (tertiary alicyclic amines) is 1. The summed E-state index contributed by atoms with van der Waals surface area (Å²) in [7, 11) is -0.600. The van der Waals surface area contributed by atoms with E-state index >= 15 is 0 Å². The third-order valence-electron chi connectivity index (χ3n) is 8.64. The van der Waals surface area contributed by atoms with Crippen molar-refractivity contribution in [2.24, 2.45) is 5.92 Å². The van der Waals surface area contributed by atoms with E-state index in [0.717, 1.165) is 37.5 Å². The lowest BCUT2D eigenvalue weighted by atomic mass is 9.85. The van der Waals surface area contributed by atoms with Crippen LogP contribution in [0.5, 0.6) is 0 Å². The molecule has 2 aromatic carbocycles. The second kappa shape index (κ2) is 11.8. The Kier molecular flexibility index (Phi) is 8.40. The number of carbonyl (C=O) groups excluding carboxylic acids is 2. The van der Waals surface area contributed by atoms with Gasteiger partial charge in [0, 0.05) is 56.5 Å². The Hall–Kier alpha value is -3.40. The fourth-order valence-electron chi connectivity index (χ4n) is 6.31. The molecule has 2 fully saturated rings. The maximum Gasteiger partial charge on any atom is 0.255 e. The van der Waals surface area contributed by atoms with E-state index in [1.54, 1.807) is 18.2 Å². The number of carbonyl (C=O) groups is 2. The number of piperidine rings is 1. The molecule has 1 saturated heterocycles. The van der Waals surface area contributed by atoms with Crippen molar-refractivity contribution in [3.63, 3.8) is 0 Å². The van der Waals surface area contributed by atoms with E-state index in [9.17, 15) is 22.4 Å². The van der Waals surface area contributed by atoms with Crippen molar-refractivity contribution in [2.75, 3.05) is 37.7 Å². The minimum Gasteiger partial charge on any atom is -0.455 e. The highest BCUT2D eigenvalue weighted by Crippen LogP contribution is 2.42. The van der Waals surface area contributed by atoms with E-state index in [0.29, 0.717) is 53.2 Å². The lowest BCUT2D eigenvalue weighted by molar-refractivity contribution is -0.133. The molecule has 1 saturated carbocycles. The van der Waals surface area contributed by atoms with E-state index in [1.165, 1.54) is 49.8 Å². The number of furan rings is 1. The molecule has 0 bridgehead atoms. The molecule has 3 aromatic rings. The molecule has 1 aliphatic heterocycles. The van der Waals surface area contributed by atoms with E-state index in [4.69, 9.17) is 4.42 Å². The van der Waals surface area contributed by atoms with Crippen molar-refractivity contribution >= 4 is 38.5 Å². The lowest BCUT2D eigenvalue weighted by Gasteiger charge is -2.36. The number of fused-ring (bicyclic) bond motifs is 1. The van der Waals surface area contributed by atoms with Gasteiger partial charge in [-0.3, -0.25) is 13.9 Å². The summed E-state index contributed by atoms with van der Waals surface area (Å²) in [6, 6.07) is 9.18. The molecular weight excluding hydrogens is 545 g/mol. The van der Waals surface area contributed by atoms with Gasteiger partial charge in [-0.25, -0.2) is 12.8 Å². The van der Waals surface area contributed by atoms with Crippen molar-refractivity contribution in [1.29, 1.82) is 0 Å². The first-order valence-electron chi connectivity index (χ1n) is 14.4. The largest absolute Gasteiger partial charge is 0.455 e.